The average molecular weight is 424 g/mol. The topological polar surface area (TPSA) is 64.9 Å². The third-order valence-corrected chi connectivity index (χ3v) is 5.63. The van der Waals surface area contributed by atoms with Crippen molar-refractivity contribution in [3.05, 3.63) is 59.5 Å². The highest BCUT2D eigenvalue weighted by molar-refractivity contribution is 5.77. The molecule has 2 heterocycles. The van der Waals surface area contributed by atoms with Crippen LogP contribution in [0.5, 0.6) is 11.5 Å². The number of unbranched alkanes of at least 4 members (excludes halogenated alkanes) is 3. The highest BCUT2D eigenvalue weighted by Crippen LogP contribution is 2.34. The van der Waals surface area contributed by atoms with Crippen LogP contribution in [0.25, 0.3) is 5.65 Å². The minimum Gasteiger partial charge on any atom is -0.497 e. The van der Waals surface area contributed by atoms with Crippen molar-refractivity contribution in [2.75, 3.05) is 20.8 Å². The predicted octanol–water partition coefficient (Wildman–Crippen LogP) is 4.88. The number of aryl methyl sites for hydroxylation is 1. The van der Waals surface area contributed by atoms with Crippen LogP contribution in [0.15, 0.2) is 42.7 Å². The summed E-state index contributed by atoms with van der Waals surface area (Å²) in [7, 11) is 3.27. The Kier molecular flexibility index (Phi) is 7.93. The van der Waals surface area contributed by atoms with Gasteiger partial charge in [-0.25, -0.2) is 4.98 Å². The average Bonchev–Trinajstić information content (AvgIpc) is 3.22. The smallest absolute Gasteiger partial charge is 0.221 e. The summed E-state index contributed by atoms with van der Waals surface area (Å²) in [5.74, 6) is 1.25. The van der Waals surface area contributed by atoms with Gasteiger partial charge in [-0.05, 0) is 42.7 Å². The van der Waals surface area contributed by atoms with Gasteiger partial charge in [0.2, 0.25) is 5.91 Å². The molecule has 2 aromatic heterocycles. The Balaban J connectivity index is 1.93. The van der Waals surface area contributed by atoms with E-state index in [1.807, 2.05) is 49.6 Å². The van der Waals surface area contributed by atoms with Crippen molar-refractivity contribution in [2.24, 2.45) is 0 Å². The molecule has 1 N–H and O–H groups in total. The van der Waals surface area contributed by atoms with Crippen molar-refractivity contribution < 1.29 is 14.3 Å². The SMILES string of the molecule is CCCCCCNC(=O)CC(c1cc(OC)cc(OC)c1)c1cnc2c(C)cccn12. The number of benzene rings is 1. The zero-order valence-electron chi connectivity index (χ0n) is 19.0. The Morgan fingerprint density at radius 1 is 1.13 bits per heavy atom. The molecule has 1 unspecified atom stereocenters. The van der Waals surface area contributed by atoms with Crippen molar-refractivity contribution >= 4 is 11.6 Å². The second-order valence-electron chi connectivity index (χ2n) is 7.88. The summed E-state index contributed by atoms with van der Waals surface area (Å²) in [6.07, 6.45) is 8.72. The van der Waals surface area contributed by atoms with E-state index >= 15 is 0 Å². The minimum atomic E-state index is -0.184. The highest BCUT2D eigenvalue weighted by Gasteiger charge is 2.23. The van der Waals surface area contributed by atoms with Gasteiger partial charge < -0.3 is 19.2 Å². The Labute approximate surface area is 184 Å². The fraction of sp³-hybridized carbons (Fsp3) is 0.440. The van der Waals surface area contributed by atoms with Crippen LogP contribution in [-0.4, -0.2) is 36.1 Å². The lowest BCUT2D eigenvalue weighted by atomic mass is 9.91. The van der Waals surface area contributed by atoms with Crippen molar-refractivity contribution in [3.63, 3.8) is 0 Å². The normalized spacial score (nSPS) is 12.0. The van der Waals surface area contributed by atoms with Crippen LogP contribution in [0.3, 0.4) is 0 Å². The fourth-order valence-electron chi connectivity index (χ4n) is 3.89. The molecule has 3 aromatic rings. The summed E-state index contributed by atoms with van der Waals surface area (Å²) < 4.78 is 13.0. The molecule has 6 nitrogen and oxygen atoms in total. The first kappa shape index (κ1) is 22.7. The number of nitrogens with one attached hydrogen (secondary N) is 1. The maximum absolute atomic E-state index is 12.9. The molecule has 31 heavy (non-hydrogen) atoms. The summed E-state index contributed by atoms with van der Waals surface area (Å²) >= 11 is 0. The van der Waals surface area contributed by atoms with Gasteiger partial charge in [0, 0.05) is 37.3 Å². The number of carbonyl (C=O) groups excluding carboxylic acids is 1. The number of carbonyl (C=O) groups is 1. The Morgan fingerprint density at radius 2 is 1.87 bits per heavy atom. The first-order valence-electron chi connectivity index (χ1n) is 11.0. The first-order valence-corrected chi connectivity index (χ1v) is 11.0. The number of imidazole rings is 1. The lowest BCUT2D eigenvalue weighted by Crippen LogP contribution is -2.26. The zero-order chi connectivity index (χ0) is 22.2. The number of aromatic nitrogens is 2. The van der Waals surface area contributed by atoms with Crippen molar-refractivity contribution in [1.82, 2.24) is 14.7 Å². The van der Waals surface area contributed by atoms with Gasteiger partial charge >= 0.3 is 0 Å². The summed E-state index contributed by atoms with van der Waals surface area (Å²) in [6, 6.07) is 9.82. The molecule has 0 saturated carbocycles. The minimum absolute atomic E-state index is 0.0332. The Morgan fingerprint density at radius 3 is 2.55 bits per heavy atom. The fourth-order valence-corrected chi connectivity index (χ4v) is 3.89. The van der Waals surface area contributed by atoms with Crippen LogP contribution in [-0.2, 0) is 4.79 Å². The number of hydrogen-bond donors (Lipinski definition) is 1. The predicted molar refractivity (Wildman–Crippen MR) is 123 cm³/mol. The van der Waals surface area contributed by atoms with Crippen molar-refractivity contribution in [3.8, 4) is 11.5 Å². The number of pyridine rings is 1. The molecule has 6 heteroatoms. The Hall–Kier alpha value is -3.02. The molecule has 0 fully saturated rings. The van der Waals surface area contributed by atoms with Gasteiger partial charge in [-0.2, -0.15) is 0 Å². The lowest BCUT2D eigenvalue weighted by molar-refractivity contribution is -0.121. The second-order valence-corrected chi connectivity index (χ2v) is 7.88. The quantitative estimate of drug-likeness (QED) is 0.447. The lowest BCUT2D eigenvalue weighted by Gasteiger charge is -2.19. The largest absolute Gasteiger partial charge is 0.497 e. The molecule has 1 amide bonds. The van der Waals surface area contributed by atoms with E-state index < -0.39 is 0 Å². The number of fused-ring (bicyclic) bond motifs is 1. The van der Waals surface area contributed by atoms with Gasteiger partial charge in [-0.15, -0.1) is 0 Å². The van der Waals surface area contributed by atoms with Crippen LogP contribution in [0.2, 0.25) is 0 Å². The van der Waals surface area contributed by atoms with Crippen molar-refractivity contribution in [1.29, 1.82) is 0 Å². The standard InChI is InChI=1S/C25H33N3O3/c1-5-6-7-8-11-26-24(29)16-22(19-13-20(30-3)15-21(14-19)31-4)23-17-27-25-18(2)10-9-12-28(23)25/h9-10,12-15,17,22H,5-8,11,16H2,1-4H3,(H,26,29). The summed E-state index contributed by atoms with van der Waals surface area (Å²) in [4.78, 5) is 17.5. The molecule has 0 aliphatic carbocycles. The molecule has 3 rings (SSSR count). The summed E-state index contributed by atoms with van der Waals surface area (Å²) in [6.45, 7) is 4.93. The van der Waals surface area contributed by atoms with Gasteiger partial charge in [0.25, 0.3) is 0 Å². The van der Waals surface area contributed by atoms with E-state index in [1.165, 1.54) is 12.8 Å². The van der Waals surface area contributed by atoms with Crippen LogP contribution in [0, 0.1) is 6.92 Å². The van der Waals surface area contributed by atoms with Crippen LogP contribution in [0.4, 0.5) is 0 Å². The van der Waals surface area contributed by atoms with Crippen LogP contribution in [0.1, 0.15) is 61.8 Å². The van der Waals surface area contributed by atoms with Crippen LogP contribution >= 0.6 is 0 Å². The third-order valence-electron chi connectivity index (χ3n) is 5.63. The summed E-state index contributed by atoms with van der Waals surface area (Å²) in [5, 5.41) is 3.09. The molecule has 1 atom stereocenters. The molecule has 0 aliphatic rings. The van der Waals surface area contributed by atoms with E-state index in [9.17, 15) is 4.79 Å². The number of amides is 1. The summed E-state index contributed by atoms with van der Waals surface area (Å²) in [5.41, 5.74) is 3.92. The number of hydrogen-bond acceptors (Lipinski definition) is 4. The van der Waals surface area contributed by atoms with E-state index in [-0.39, 0.29) is 11.8 Å². The number of ether oxygens (including phenoxy) is 2. The number of rotatable bonds is 11. The van der Waals surface area contributed by atoms with Gasteiger partial charge in [0.05, 0.1) is 19.9 Å². The molecule has 0 aliphatic heterocycles. The molecule has 0 saturated heterocycles. The van der Waals surface area contributed by atoms with E-state index in [4.69, 9.17) is 9.47 Å². The maximum Gasteiger partial charge on any atom is 0.221 e. The first-order chi connectivity index (χ1) is 15.1. The van der Waals surface area contributed by atoms with E-state index in [1.54, 1.807) is 14.2 Å². The van der Waals surface area contributed by atoms with E-state index in [0.29, 0.717) is 24.5 Å². The van der Waals surface area contributed by atoms with Crippen LogP contribution < -0.4 is 14.8 Å². The van der Waals surface area contributed by atoms with Gasteiger partial charge in [-0.1, -0.05) is 32.3 Å². The molecule has 0 radical (unpaired) electrons. The molecule has 0 spiro atoms. The van der Waals surface area contributed by atoms with Crippen molar-refractivity contribution in [2.45, 2.75) is 51.9 Å². The molecule has 1 aromatic carbocycles. The van der Waals surface area contributed by atoms with E-state index in [0.717, 1.165) is 35.3 Å². The third kappa shape index (κ3) is 5.57. The Bertz CT molecular complexity index is 990. The molecular weight excluding hydrogens is 390 g/mol. The van der Waals surface area contributed by atoms with E-state index in [2.05, 4.69) is 21.6 Å². The van der Waals surface area contributed by atoms with Gasteiger partial charge in [0.1, 0.15) is 17.1 Å². The maximum atomic E-state index is 12.9. The zero-order valence-corrected chi connectivity index (χ0v) is 19.0. The molecule has 0 bridgehead atoms. The highest BCUT2D eigenvalue weighted by atomic mass is 16.5. The molecular formula is C25H33N3O3. The second kappa shape index (κ2) is 10.8. The number of methoxy groups -OCH3 is 2. The van der Waals surface area contributed by atoms with Gasteiger partial charge in [0.15, 0.2) is 0 Å². The number of nitrogens with zero attached hydrogens (tertiary/aromatic N) is 2. The monoisotopic (exact) mass is 423 g/mol. The van der Waals surface area contributed by atoms with Gasteiger partial charge in [-0.3, -0.25) is 4.79 Å². The molecule has 166 valence electrons.